The van der Waals surface area contributed by atoms with E-state index in [1.807, 2.05) is 33.8 Å². The van der Waals surface area contributed by atoms with Crippen LogP contribution in [0.1, 0.15) is 31.3 Å². The van der Waals surface area contributed by atoms with E-state index < -0.39 is 5.60 Å². The number of benzene rings is 1. The summed E-state index contributed by atoms with van der Waals surface area (Å²) < 4.78 is 5.51. The first kappa shape index (κ1) is 21.4. The van der Waals surface area contributed by atoms with E-state index in [2.05, 4.69) is 41.1 Å². The number of nitrogens with two attached hydrogens (primary N) is 1. The highest BCUT2D eigenvalue weighted by Gasteiger charge is 2.26. The van der Waals surface area contributed by atoms with Crippen LogP contribution in [0.25, 0.3) is 21.3 Å². The molecule has 3 heterocycles. The monoisotopic (exact) mass is 438 g/mol. The number of piperazine rings is 1. The summed E-state index contributed by atoms with van der Waals surface area (Å²) in [6.07, 6.45) is -0.237. The van der Waals surface area contributed by atoms with Crippen molar-refractivity contribution >= 4 is 39.0 Å². The Morgan fingerprint density at radius 1 is 1.13 bits per heavy atom. The third-order valence-electron chi connectivity index (χ3n) is 5.43. The summed E-state index contributed by atoms with van der Waals surface area (Å²) in [7, 11) is 0. The summed E-state index contributed by atoms with van der Waals surface area (Å²) in [5.74, 6) is 0. The normalized spacial score (nSPS) is 14.9. The lowest BCUT2D eigenvalue weighted by Crippen LogP contribution is -2.50. The summed E-state index contributed by atoms with van der Waals surface area (Å²) in [6, 6.07) is 10.5. The fraction of sp³-hybridized carbons (Fsp3) is 0.417. The molecule has 1 saturated heterocycles. The molecule has 0 aliphatic carbocycles. The Kier molecular flexibility index (Phi) is 5.56. The van der Waals surface area contributed by atoms with Gasteiger partial charge in [-0.15, -0.1) is 11.3 Å². The topological polar surface area (TPSA) is 71.7 Å². The molecule has 1 aromatic carbocycles. The lowest BCUT2D eigenvalue weighted by atomic mass is 10.0. The number of hydrogen-bond donors (Lipinski definition) is 1. The quantitative estimate of drug-likeness (QED) is 0.594. The van der Waals surface area contributed by atoms with Gasteiger partial charge in [0, 0.05) is 59.1 Å². The molecular formula is C24H30N4O2S. The zero-order valence-corrected chi connectivity index (χ0v) is 19.7. The van der Waals surface area contributed by atoms with Crippen LogP contribution in [0.15, 0.2) is 30.3 Å². The molecule has 0 radical (unpaired) electrons. The maximum absolute atomic E-state index is 12.4. The van der Waals surface area contributed by atoms with Gasteiger partial charge >= 0.3 is 6.09 Å². The molecule has 1 amide bonds. The molecule has 0 saturated carbocycles. The van der Waals surface area contributed by atoms with Gasteiger partial charge in [-0.25, -0.2) is 9.78 Å². The first-order valence-electron chi connectivity index (χ1n) is 10.6. The van der Waals surface area contributed by atoms with Crippen LogP contribution in [-0.4, -0.2) is 47.8 Å². The number of aromatic nitrogens is 1. The Morgan fingerprint density at radius 2 is 1.84 bits per heavy atom. The molecule has 0 spiro atoms. The van der Waals surface area contributed by atoms with Crippen LogP contribution < -0.4 is 10.6 Å². The molecular weight excluding hydrogens is 408 g/mol. The lowest BCUT2D eigenvalue weighted by molar-refractivity contribution is 0.0240. The van der Waals surface area contributed by atoms with E-state index in [1.165, 1.54) is 10.4 Å². The van der Waals surface area contributed by atoms with Gasteiger partial charge in [-0.1, -0.05) is 12.1 Å². The number of hydrogen-bond acceptors (Lipinski definition) is 6. The third-order valence-corrected chi connectivity index (χ3v) is 6.43. The maximum atomic E-state index is 12.4. The van der Waals surface area contributed by atoms with E-state index in [0.717, 1.165) is 45.9 Å². The second-order valence-corrected chi connectivity index (χ2v) is 10.3. The number of fused-ring (bicyclic) bond motifs is 1. The molecule has 2 aromatic heterocycles. The lowest BCUT2D eigenvalue weighted by Gasteiger charge is -2.36. The maximum Gasteiger partial charge on any atom is 0.410 e. The van der Waals surface area contributed by atoms with E-state index in [0.29, 0.717) is 13.1 Å². The minimum atomic E-state index is -0.473. The summed E-state index contributed by atoms with van der Waals surface area (Å²) in [4.78, 5) is 23.3. The minimum absolute atomic E-state index is 0.237. The molecule has 2 N–H and O–H groups in total. The number of thiophene rings is 1. The van der Waals surface area contributed by atoms with Gasteiger partial charge in [0.1, 0.15) is 10.4 Å². The van der Waals surface area contributed by atoms with Crippen LogP contribution in [0, 0.1) is 13.8 Å². The second kappa shape index (κ2) is 8.04. The van der Waals surface area contributed by atoms with E-state index in [-0.39, 0.29) is 6.09 Å². The molecule has 1 aliphatic heterocycles. The Bertz CT molecular complexity index is 1120. The van der Waals surface area contributed by atoms with Crippen LogP contribution in [0.2, 0.25) is 0 Å². The van der Waals surface area contributed by atoms with Crippen molar-refractivity contribution in [3.05, 3.63) is 40.9 Å². The molecule has 7 heteroatoms. The average molecular weight is 439 g/mol. The predicted molar refractivity (Wildman–Crippen MR) is 129 cm³/mol. The Morgan fingerprint density at radius 3 is 2.52 bits per heavy atom. The van der Waals surface area contributed by atoms with Crippen molar-refractivity contribution < 1.29 is 9.53 Å². The van der Waals surface area contributed by atoms with E-state index >= 15 is 0 Å². The molecule has 4 rings (SSSR count). The zero-order chi connectivity index (χ0) is 22.3. The number of amides is 1. The number of ether oxygens (including phenoxy) is 1. The molecule has 0 bridgehead atoms. The second-order valence-electron chi connectivity index (χ2n) is 9.07. The van der Waals surface area contributed by atoms with Crippen molar-refractivity contribution in [2.75, 3.05) is 36.8 Å². The van der Waals surface area contributed by atoms with E-state index in [1.54, 1.807) is 16.2 Å². The minimum Gasteiger partial charge on any atom is -0.444 e. The summed E-state index contributed by atoms with van der Waals surface area (Å²) >= 11 is 1.69. The average Bonchev–Trinajstić information content (AvgIpc) is 3.03. The Labute approximate surface area is 187 Å². The van der Waals surface area contributed by atoms with Gasteiger partial charge in [-0.3, -0.25) is 0 Å². The van der Waals surface area contributed by atoms with Crippen LogP contribution in [0.5, 0.6) is 0 Å². The summed E-state index contributed by atoms with van der Waals surface area (Å²) in [5, 5.41) is 1.04. The molecule has 3 aromatic rings. The molecule has 164 valence electrons. The number of nitrogen functional groups attached to an aromatic ring is 1. The van der Waals surface area contributed by atoms with Gasteiger partial charge in [0.25, 0.3) is 0 Å². The van der Waals surface area contributed by atoms with Crippen molar-refractivity contribution in [1.82, 2.24) is 9.88 Å². The van der Waals surface area contributed by atoms with Crippen molar-refractivity contribution in [3.63, 3.8) is 0 Å². The van der Waals surface area contributed by atoms with Crippen molar-refractivity contribution in [2.24, 2.45) is 0 Å². The SMILES string of the molecule is Cc1cc(N)c2c(-c3cccc(N4CCN(C(=O)OC(C)(C)C)CC4)c3)c(C)sc2n1. The van der Waals surface area contributed by atoms with Gasteiger partial charge in [-0.2, -0.15) is 0 Å². The molecule has 31 heavy (non-hydrogen) atoms. The number of pyridine rings is 1. The standard InChI is InChI=1S/C24H30N4O2S/c1-15-13-19(25)21-20(16(2)31-22(21)26-15)17-7-6-8-18(14-17)27-9-11-28(12-10-27)23(29)30-24(3,4)5/h6-8,13-14H,9-12H2,1-5H3,(H2,25,26). The predicted octanol–water partition coefficient (Wildman–Crippen LogP) is 5.22. The number of rotatable bonds is 2. The van der Waals surface area contributed by atoms with Crippen LogP contribution in [0.3, 0.4) is 0 Å². The first-order valence-corrected chi connectivity index (χ1v) is 11.4. The van der Waals surface area contributed by atoms with Crippen LogP contribution >= 0.6 is 11.3 Å². The van der Waals surface area contributed by atoms with Gasteiger partial charge in [0.15, 0.2) is 0 Å². The number of anilines is 2. The van der Waals surface area contributed by atoms with Gasteiger partial charge < -0.3 is 20.3 Å². The Balaban J connectivity index is 1.56. The van der Waals surface area contributed by atoms with E-state index in [4.69, 9.17) is 10.5 Å². The van der Waals surface area contributed by atoms with E-state index in [9.17, 15) is 4.79 Å². The molecule has 6 nitrogen and oxygen atoms in total. The van der Waals surface area contributed by atoms with Crippen LogP contribution in [-0.2, 0) is 4.74 Å². The van der Waals surface area contributed by atoms with Crippen molar-refractivity contribution in [2.45, 2.75) is 40.2 Å². The first-order chi connectivity index (χ1) is 14.6. The zero-order valence-electron chi connectivity index (χ0n) is 18.9. The number of carbonyl (C=O) groups excluding carboxylic acids is 1. The van der Waals surface area contributed by atoms with Crippen molar-refractivity contribution in [1.29, 1.82) is 0 Å². The highest BCUT2D eigenvalue weighted by Crippen LogP contribution is 2.41. The molecule has 0 unspecified atom stereocenters. The third kappa shape index (κ3) is 4.46. The van der Waals surface area contributed by atoms with Crippen LogP contribution in [0.4, 0.5) is 16.2 Å². The molecule has 0 atom stereocenters. The highest BCUT2D eigenvalue weighted by molar-refractivity contribution is 7.19. The van der Waals surface area contributed by atoms with Crippen molar-refractivity contribution in [3.8, 4) is 11.1 Å². The summed E-state index contributed by atoms with van der Waals surface area (Å²) in [6.45, 7) is 12.6. The van der Waals surface area contributed by atoms with Gasteiger partial charge in [-0.05, 0) is 58.4 Å². The molecule has 1 fully saturated rings. The Hall–Kier alpha value is -2.80. The summed E-state index contributed by atoms with van der Waals surface area (Å²) in [5.41, 5.74) is 11.1. The largest absolute Gasteiger partial charge is 0.444 e. The highest BCUT2D eigenvalue weighted by atomic mass is 32.1. The fourth-order valence-corrected chi connectivity index (χ4v) is 5.17. The number of carbonyl (C=O) groups is 1. The molecule has 1 aliphatic rings. The number of nitrogens with zero attached hydrogens (tertiary/aromatic N) is 3. The smallest absolute Gasteiger partial charge is 0.410 e. The number of aryl methyl sites for hydroxylation is 2. The van der Waals surface area contributed by atoms with Gasteiger partial charge in [0.2, 0.25) is 0 Å². The van der Waals surface area contributed by atoms with Gasteiger partial charge in [0.05, 0.1) is 0 Å². The fourth-order valence-electron chi connectivity index (χ4n) is 4.05.